The SMILES string of the molecule is CCN(C)C(C)(C)CC(C)CN(C)CPC. The Morgan fingerprint density at radius 2 is 1.81 bits per heavy atom. The fourth-order valence-corrected chi connectivity index (χ4v) is 3.04. The highest BCUT2D eigenvalue weighted by Crippen LogP contribution is 2.23. The van der Waals surface area contributed by atoms with Gasteiger partial charge in [-0.2, -0.15) is 0 Å². The first-order chi connectivity index (χ1) is 7.33. The lowest BCUT2D eigenvalue weighted by Gasteiger charge is -2.37. The molecule has 2 nitrogen and oxygen atoms in total. The Labute approximate surface area is 105 Å². The third-order valence-electron chi connectivity index (χ3n) is 3.41. The topological polar surface area (TPSA) is 6.48 Å². The molecule has 0 amide bonds. The van der Waals surface area contributed by atoms with Gasteiger partial charge in [0.2, 0.25) is 0 Å². The summed E-state index contributed by atoms with van der Waals surface area (Å²) in [7, 11) is 5.50. The third-order valence-corrected chi connectivity index (χ3v) is 4.26. The molecule has 0 aromatic heterocycles. The monoisotopic (exact) mass is 246 g/mol. The van der Waals surface area contributed by atoms with Crippen molar-refractivity contribution in [3.63, 3.8) is 0 Å². The van der Waals surface area contributed by atoms with Gasteiger partial charge >= 0.3 is 0 Å². The highest BCUT2D eigenvalue weighted by atomic mass is 31.1. The summed E-state index contributed by atoms with van der Waals surface area (Å²) >= 11 is 0. The van der Waals surface area contributed by atoms with E-state index < -0.39 is 0 Å². The van der Waals surface area contributed by atoms with Crippen LogP contribution >= 0.6 is 8.58 Å². The Morgan fingerprint density at radius 1 is 1.25 bits per heavy atom. The summed E-state index contributed by atoms with van der Waals surface area (Å²) in [5, 5.41) is 0. The molecule has 0 fully saturated rings. The highest BCUT2D eigenvalue weighted by Gasteiger charge is 2.25. The summed E-state index contributed by atoms with van der Waals surface area (Å²) in [6.07, 6.45) is 2.52. The van der Waals surface area contributed by atoms with Crippen molar-refractivity contribution < 1.29 is 0 Å². The average molecular weight is 246 g/mol. The van der Waals surface area contributed by atoms with Crippen LogP contribution < -0.4 is 0 Å². The molecule has 0 N–H and O–H groups in total. The maximum atomic E-state index is 2.46. The first kappa shape index (κ1) is 16.4. The molecule has 3 heteroatoms. The molecule has 0 aliphatic heterocycles. The van der Waals surface area contributed by atoms with Gasteiger partial charge in [-0.15, -0.1) is 8.58 Å². The van der Waals surface area contributed by atoms with E-state index >= 15 is 0 Å². The fourth-order valence-electron chi connectivity index (χ4n) is 2.37. The predicted molar refractivity (Wildman–Crippen MR) is 77.9 cm³/mol. The molecule has 0 bridgehead atoms. The molecule has 16 heavy (non-hydrogen) atoms. The lowest BCUT2D eigenvalue weighted by Crippen LogP contribution is -2.43. The second-order valence-electron chi connectivity index (χ2n) is 5.69. The van der Waals surface area contributed by atoms with Gasteiger partial charge < -0.3 is 9.80 Å². The Balaban J connectivity index is 4.07. The molecule has 0 aromatic carbocycles. The van der Waals surface area contributed by atoms with Crippen LogP contribution in [0.1, 0.15) is 34.1 Å². The van der Waals surface area contributed by atoms with Crippen LogP contribution in [-0.4, -0.2) is 55.5 Å². The van der Waals surface area contributed by atoms with E-state index in [1.165, 1.54) is 19.3 Å². The molecule has 0 saturated carbocycles. The van der Waals surface area contributed by atoms with Gasteiger partial charge in [0.05, 0.1) is 0 Å². The van der Waals surface area contributed by atoms with Crippen LogP contribution in [0.25, 0.3) is 0 Å². The molecule has 0 radical (unpaired) electrons. The lowest BCUT2D eigenvalue weighted by molar-refractivity contribution is 0.125. The van der Waals surface area contributed by atoms with E-state index in [0.717, 1.165) is 21.0 Å². The van der Waals surface area contributed by atoms with Crippen LogP contribution in [0.3, 0.4) is 0 Å². The summed E-state index contributed by atoms with van der Waals surface area (Å²) in [4.78, 5) is 4.91. The van der Waals surface area contributed by atoms with E-state index in [-0.39, 0.29) is 0 Å². The summed E-state index contributed by atoms with van der Waals surface area (Å²) in [6.45, 7) is 13.9. The smallest absolute Gasteiger partial charge is 0.0153 e. The Morgan fingerprint density at radius 3 is 2.25 bits per heavy atom. The Hall–Kier alpha value is 0.350. The van der Waals surface area contributed by atoms with Crippen LogP contribution in [0.2, 0.25) is 0 Å². The van der Waals surface area contributed by atoms with Crippen LogP contribution in [0.4, 0.5) is 0 Å². The summed E-state index contributed by atoms with van der Waals surface area (Å²) in [6, 6.07) is 0. The number of hydrogen-bond acceptors (Lipinski definition) is 2. The molecule has 0 heterocycles. The van der Waals surface area contributed by atoms with Crippen molar-refractivity contribution in [2.45, 2.75) is 39.7 Å². The molecule has 0 aliphatic rings. The molecule has 98 valence electrons. The zero-order chi connectivity index (χ0) is 12.8. The zero-order valence-electron chi connectivity index (χ0n) is 12.3. The van der Waals surface area contributed by atoms with Gasteiger partial charge in [-0.25, -0.2) is 0 Å². The molecule has 0 rings (SSSR count). The summed E-state index contributed by atoms with van der Waals surface area (Å²) < 4.78 is 0. The minimum absolute atomic E-state index is 0.323. The molecule has 0 saturated heterocycles. The van der Waals surface area contributed by atoms with E-state index in [2.05, 4.69) is 58.3 Å². The van der Waals surface area contributed by atoms with E-state index in [9.17, 15) is 0 Å². The van der Waals surface area contributed by atoms with Crippen LogP contribution in [-0.2, 0) is 0 Å². The van der Waals surface area contributed by atoms with Crippen molar-refractivity contribution in [2.24, 2.45) is 5.92 Å². The normalized spacial score (nSPS) is 15.6. The van der Waals surface area contributed by atoms with Crippen molar-refractivity contribution in [1.29, 1.82) is 0 Å². The quantitative estimate of drug-likeness (QED) is 0.608. The van der Waals surface area contributed by atoms with Crippen molar-refractivity contribution in [1.82, 2.24) is 9.80 Å². The molecule has 0 spiro atoms. The van der Waals surface area contributed by atoms with E-state index in [1.54, 1.807) is 0 Å². The van der Waals surface area contributed by atoms with Gasteiger partial charge in [0.15, 0.2) is 0 Å². The Bertz CT molecular complexity index is 183. The lowest BCUT2D eigenvalue weighted by atomic mass is 9.90. The first-order valence-electron chi connectivity index (χ1n) is 6.37. The van der Waals surface area contributed by atoms with Crippen LogP contribution in [0, 0.1) is 5.92 Å². The van der Waals surface area contributed by atoms with Crippen molar-refractivity contribution in [3.8, 4) is 0 Å². The minimum atomic E-state index is 0.323. The second-order valence-corrected chi connectivity index (χ2v) is 6.71. The van der Waals surface area contributed by atoms with Gasteiger partial charge in [0, 0.05) is 18.4 Å². The fraction of sp³-hybridized carbons (Fsp3) is 1.00. The molecule has 2 atom stereocenters. The van der Waals surface area contributed by atoms with Crippen molar-refractivity contribution >= 4 is 8.58 Å². The maximum absolute atomic E-state index is 2.46. The number of nitrogens with zero attached hydrogens (tertiary/aromatic N) is 2. The van der Waals surface area contributed by atoms with E-state index in [4.69, 9.17) is 0 Å². The van der Waals surface area contributed by atoms with Gasteiger partial charge in [-0.3, -0.25) is 0 Å². The highest BCUT2D eigenvalue weighted by molar-refractivity contribution is 7.36. The standard InChI is InChI=1S/C13H31N2P/c1-8-15(6)13(3,4)9-12(2)10-14(5)11-16-7/h12,16H,8-11H2,1-7H3. The van der Waals surface area contributed by atoms with Crippen molar-refractivity contribution in [2.75, 3.05) is 40.1 Å². The molecule has 2 unspecified atom stereocenters. The Kier molecular flexibility index (Phi) is 7.80. The molecular formula is C13H31N2P. The average Bonchev–Trinajstić information content (AvgIpc) is 2.15. The number of rotatable bonds is 8. The number of hydrogen-bond donors (Lipinski definition) is 0. The third kappa shape index (κ3) is 6.18. The van der Waals surface area contributed by atoms with Gasteiger partial charge in [-0.05, 0) is 53.5 Å². The molecular weight excluding hydrogens is 215 g/mol. The van der Waals surface area contributed by atoms with Gasteiger partial charge in [-0.1, -0.05) is 13.8 Å². The minimum Gasteiger partial charge on any atom is -0.302 e. The maximum Gasteiger partial charge on any atom is 0.0153 e. The molecule has 0 aliphatic carbocycles. The molecule has 0 aromatic rings. The first-order valence-corrected chi connectivity index (χ1v) is 8.08. The second kappa shape index (κ2) is 7.63. The van der Waals surface area contributed by atoms with Gasteiger partial charge in [0.25, 0.3) is 0 Å². The van der Waals surface area contributed by atoms with Crippen molar-refractivity contribution in [3.05, 3.63) is 0 Å². The van der Waals surface area contributed by atoms with E-state index in [0.29, 0.717) is 5.54 Å². The summed E-state index contributed by atoms with van der Waals surface area (Å²) in [5.74, 6) is 0.769. The summed E-state index contributed by atoms with van der Waals surface area (Å²) in [5.41, 5.74) is 0.323. The van der Waals surface area contributed by atoms with Gasteiger partial charge in [0.1, 0.15) is 0 Å². The van der Waals surface area contributed by atoms with E-state index in [1.807, 2.05) is 0 Å². The van der Waals surface area contributed by atoms with Crippen LogP contribution in [0.5, 0.6) is 0 Å². The van der Waals surface area contributed by atoms with Crippen LogP contribution in [0.15, 0.2) is 0 Å². The zero-order valence-corrected chi connectivity index (χ0v) is 13.3. The largest absolute Gasteiger partial charge is 0.302 e. The predicted octanol–water partition coefficient (Wildman–Crippen LogP) is 2.94.